The van der Waals surface area contributed by atoms with Crippen molar-refractivity contribution in [3.8, 4) is 5.69 Å². The van der Waals surface area contributed by atoms with Crippen LogP contribution in [0.15, 0.2) is 70.7 Å². The quantitative estimate of drug-likeness (QED) is 0.333. The number of para-hydroxylation sites is 2. The molecule has 0 atom stereocenters. The topological polar surface area (TPSA) is 81.8 Å². The second-order valence-corrected chi connectivity index (χ2v) is 9.22. The van der Waals surface area contributed by atoms with Gasteiger partial charge in [0.1, 0.15) is 5.82 Å². The Hall–Kier alpha value is -3.39. The molecule has 1 amide bonds. The number of carbonyl (C=O) groups is 1. The first-order chi connectivity index (χ1) is 16.1. The van der Waals surface area contributed by atoms with E-state index in [0.29, 0.717) is 22.1 Å². The number of hydrogen-bond acceptors (Lipinski definition) is 5. The van der Waals surface area contributed by atoms with E-state index in [0.717, 1.165) is 29.9 Å². The van der Waals surface area contributed by atoms with Gasteiger partial charge in [0.15, 0.2) is 5.16 Å². The molecule has 5 rings (SSSR count). The number of carbonyl (C=O) groups excluding carboxylic acids is 1. The van der Waals surface area contributed by atoms with Crippen LogP contribution in [-0.4, -0.2) is 31.0 Å². The average molecular weight is 460 g/mol. The fourth-order valence-electron chi connectivity index (χ4n) is 4.40. The summed E-state index contributed by atoms with van der Waals surface area (Å²) in [6.45, 7) is 1.96. The highest BCUT2D eigenvalue weighted by Crippen LogP contribution is 2.31. The first-order valence-electron chi connectivity index (χ1n) is 11.2. The molecular formula is C25H25N5O2S. The number of hydrogen-bond donors (Lipinski definition) is 1. The van der Waals surface area contributed by atoms with Gasteiger partial charge in [0.05, 0.1) is 34.6 Å². The van der Waals surface area contributed by atoms with E-state index in [2.05, 4.69) is 10.4 Å². The molecule has 0 bridgehead atoms. The van der Waals surface area contributed by atoms with E-state index in [1.807, 2.05) is 60.1 Å². The van der Waals surface area contributed by atoms with Gasteiger partial charge in [-0.15, -0.1) is 0 Å². The molecule has 2 heterocycles. The van der Waals surface area contributed by atoms with E-state index >= 15 is 0 Å². The molecule has 7 nitrogen and oxygen atoms in total. The Morgan fingerprint density at radius 2 is 1.85 bits per heavy atom. The Morgan fingerprint density at radius 1 is 1.09 bits per heavy atom. The first-order valence-corrected chi connectivity index (χ1v) is 12.1. The minimum Gasteiger partial charge on any atom is -0.310 e. The molecule has 4 aromatic rings. The van der Waals surface area contributed by atoms with Crippen molar-refractivity contribution < 1.29 is 4.79 Å². The molecule has 1 fully saturated rings. The number of anilines is 1. The predicted molar refractivity (Wildman–Crippen MR) is 131 cm³/mol. The fourth-order valence-corrected chi connectivity index (χ4v) is 5.20. The Labute approximate surface area is 195 Å². The number of aromatic nitrogens is 4. The van der Waals surface area contributed by atoms with Crippen LogP contribution in [0.4, 0.5) is 5.82 Å². The summed E-state index contributed by atoms with van der Waals surface area (Å²) in [6.07, 6.45) is 6.28. The second-order valence-electron chi connectivity index (χ2n) is 8.27. The zero-order valence-electron chi connectivity index (χ0n) is 18.4. The highest BCUT2D eigenvalue weighted by molar-refractivity contribution is 7.99. The molecule has 1 saturated carbocycles. The summed E-state index contributed by atoms with van der Waals surface area (Å²) in [7, 11) is 0. The van der Waals surface area contributed by atoms with Crippen molar-refractivity contribution >= 4 is 34.4 Å². The van der Waals surface area contributed by atoms with Gasteiger partial charge in [0.2, 0.25) is 5.91 Å². The summed E-state index contributed by atoms with van der Waals surface area (Å²) in [5.41, 5.74) is 2.21. The van der Waals surface area contributed by atoms with Crippen LogP contribution < -0.4 is 10.9 Å². The summed E-state index contributed by atoms with van der Waals surface area (Å²) in [6, 6.07) is 17.2. The van der Waals surface area contributed by atoms with E-state index in [4.69, 9.17) is 4.98 Å². The summed E-state index contributed by atoms with van der Waals surface area (Å²) in [5, 5.41) is 8.45. The van der Waals surface area contributed by atoms with Gasteiger partial charge in [-0.05, 0) is 43.5 Å². The van der Waals surface area contributed by atoms with E-state index in [1.54, 1.807) is 16.8 Å². The Bertz CT molecular complexity index is 1370. The van der Waals surface area contributed by atoms with E-state index < -0.39 is 0 Å². The fraction of sp³-hybridized carbons (Fsp3) is 0.280. The van der Waals surface area contributed by atoms with Crippen molar-refractivity contribution in [2.45, 2.75) is 43.8 Å². The number of thioether (sulfide) groups is 1. The Kier molecular flexibility index (Phi) is 6.00. The van der Waals surface area contributed by atoms with Gasteiger partial charge in [-0.3, -0.25) is 14.2 Å². The third-order valence-electron chi connectivity index (χ3n) is 6.04. The normalized spacial score (nSPS) is 14.1. The van der Waals surface area contributed by atoms with Gasteiger partial charge >= 0.3 is 0 Å². The summed E-state index contributed by atoms with van der Waals surface area (Å²) >= 11 is 1.26. The van der Waals surface area contributed by atoms with Gasteiger partial charge in [-0.25, -0.2) is 9.67 Å². The lowest BCUT2D eigenvalue weighted by Crippen LogP contribution is -2.24. The lowest BCUT2D eigenvalue weighted by atomic mass is 10.2. The zero-order chi connectivity index (χ0) is 22.8. The monoisotopic (exact) mass is 459 g/mol. The highest BCUT2D eigenvalue weighted by atomic mass is 32.2. The van der Waals surface area contributed by atoms with Crippen LogP contribution in [0, 0.1) is 6.92 Å². The van der Waals surface area contributed by atoms with Gasteiger partial charge in [0.25, 0.3) is 5.56 Å². The molecule has 8 heteroatoms. The molecule has 168 valence electrons. The van der Waals surface area contributed by atoms with Crippen LogP contribution in [0.3, 0.4) is 0 Å². The number of aryl methyl sites for hydroxylation is 1. The molecule has 0 spiro atoms. The highest BCUT2D eigenvalue weighted by Gasteiger charge is 2.21. The van der Waals surface area contributed by atoms with Gasteiger partial charge in [-0.2, -0.15) is 5.10 Å². The number of nitrogens with one attached hydrogen (secondary N) is 1. The summed E-state index contributed by atoms with van der Waals surface area (Å²) < 4.78 is 3.53. The Balaban J connectivity index is 1.43. The maximum Gasteiger partial charge on any atom is 0.266 e. The van der Waals surface area contributed by atoms with E-state index in [1.165, 1.54) is 24.6 Å². The van der Waals surface area contributed by atoms with E-state index in [-0.39, 0.29) is 17.2 Å². The number of fused-ring (bicyclic) bond motifs is 1. The lowest BCUT2D eigenvalue weighted by Gasteiger charge is -2.16. The Morgan fingerprint density at radius 3 is 2.67 bits per heavy atom. The number of benzene rings is 2. The van der Waals surface area contributed by atoms with Gasteiger partial charge in [-0.1, -0.05) is 54.9 Å². The van der Waals surface area contributed by atoms with Crippen LogP contribution in [0.1, 0.15) is 37.3 Å². The minimum absolute atomic E-state index is 0.131. The first kappa shape index (κ1) is 21.5. The molecular weight excluding hydrogens is 434 g/mol. The lowest BCUT2D eigenvalue weighted by molar-refractivity contribution is -0.113. The van der Waals surface area contributed by atoms with Crippen molar-refractivity contribution in [2.75, 3.05) is 11.1 Å². The number of amides is 1. The third kappa shape index (κ3) is 4.30. The van der Waals surface area contributed by atoms with Gasteiger partial charge in [0, 0.05) is 6.07 Å². The molecule has 1 N–H and O–H groups in total. The zero-order valence-corrected chi connectivity index (χ0v) is 19.2. The minimum atomic E-state index is -0.154. The average Bonchev–Trinajstić information content (AvgIpc) is 3.51. The smallest absolute Gasteiger partial charge is 0.266 e. The molecule has 0 aliphatic heterocycles. The van der Waals surface area contributed by atoms with Crippen LogP contribution in [-0.2, 0) is 4.79 Å². The van der Waals surface area contributed by atoms with Crippen molar-refractivity contribution in [1.82, 2.24) is 19.3 Å². The van der Waals surface area contributed by atoms with Crippen LogP contribution in [0.25, 0.3) is 16.6 Å². The largest absolute Gasteiger partial charge is 0.310 e. The molecule has 2 aromatic carbocycles. The van der Waals surface area contributed by atoms with E-state index in [9.17, 15) is 9.59 Å². The molecule has 2 aromatic heterocycles. The van der Waals surface area contributed by atoms with Crippen LogP contribution in [0.5, 0.6) is 0 Å². The molecule has 0 unspecified atom stereocenters. The molecule has 1 aliphatic carbocycles. The van der Waals surface area contributed by atoms with Gasteiger partial charge < -0.3 is 5.32 Å². The SMILES string of the molecule is Cc1ccccc1-n1c(SCC(=O)Nc2ccnn2C2CCCC2)nc2ccccc2c1=O. The summed E-state index contributed by atoms with van der Waals surface area (Å²) in [5.74, 6) is 0.695. The second kappa shape index (κ2) is 9.23. The standard InChI is InChI=1S/C25H25N5O2S/c1-17-8-2-7-13-21(17)29-24(32)19-11-5-6-12-20(19)27-25(29)33-16-23(31)28-22-14-15-26-30(22)18-9-3-4-10-18/h2,5-8,11-15,18H,3-4,9-10,16H2,1H3,(H,28,31). The maximum atomic E-state index is 13.4. The molecule has 0 radical (unpaired) electrons. The molecule has 1 aliphatic rings. The third-order valence-corrected chi connectivity index (χ3v) is 6.98. The van der Waals surface area contributed by atoms with Crippen molar-refractivity contribution in [1.29, 1.82) is 0 Å². The number of nitrogens with zero attached hydrogens (tertiary/aromatic N) is 4. The van der Waals surface area contributed by atoms with Crippen molar-refractivity contribution in [3.63, 3.8) is 0 Å². The van der Waals surface area contributed by atoms with Crippen LogP contribution >= 0.6 is 11.8 Å². The number of rotatable bonds is 6. The molecule has 0 saturated heterocycles. The maximum absolute atomic E-state index is 13.4. The van der Waals surface area contributed by atoms with Crippen molar-refractivity contribution in [2.24, 2.45) is 0 Å². The molecule has 33 heavy (non-hydrogen) atoms. The van der Waals surface area contributed by atoms with Crippen molar-refractivity contribution in [3.05, 3.63) is 76.7 Å². The van der Waals surface area contributed by atoms with Crippen LogP contribution in [0.2, 0.25) is 0 Å². The predicted octanol–water partition coefficient (Wildman–Crippen LogP) is 4.74. The summed E-state index contributed by atoms with van der Waals surface area (Å²) in [4.78, 5) is 30.9.